The minimum atomic E-state index is -3.88. The van der Waals surface area contributed by atoms with E-state index in [9.17, 15) is 18.3 Å². The molecule has 0 saturated heterocycles. The number of nitrogens with zero attached hydrogens (tertiary/aromatic N) is 1. The predicted molar refractivity (Wildman–Crippen MR) is 127 cm³/mol. The summed E-state index contributed by atoms with van der Waals surface area (Å²) in [6.07, 6.45) is 1.68. The second-order valence-corrected chi connectivity index (χ2v) is 10.2. The predicted octanol–water partition coefficient (Wildman–Crippen LogP) is 3.71. The van der Waals surface area contributed by atoms with Gasteiger partial charge in [-0.15, -0.1) is 0 Å². The molecule has 174 valence electrons. The highest BCUT2D eigenvalue weighted by Gasteiger charge is 2.26. The zero-order valence-corrected chi connectivity index (χ0v) is 20.8. The Balaban J connectivity index is 2.15. The van der Waals surface area contributed by atoms with Gasteiger partial charge in [0.15, 0.2) is 11.5 Å². The van der Waals surface area contributed by atoms with Crippen molar-refractivity contribution in [3.8, 4) is 11.5 Å². The molecule has 0 aliphatic heterocycles. The summed E-state index contributed by atoms with van der Waals surface area (Å²) in [5.74, 6) is -0.264. The lowest BCUT2D eigenvalue weighted by Gasteiger charge is -2.19. The molecule has 0 bridgehead atoms. The summed E-state index contributed by atoms with van der Waals surface area (Å²) >= 11 is 3.24. The van der Waals surface area contributed by atoms with E-state index in [1.165, 1.54) is 18.3 Å². The van der Waals surface area contributed by atoms with Crippen LogP contribution in [0.2, 0.25) is 0 Å². The smallest absolute Gasteiger partial charge is 0.258 e. The van der Waals surface area contributed by atoms with Crippen molar-refractivity contribution in [3.05, 3.63) is 52.0 Å². The van der Waals surface area contributed by atoms with Crippen LogP contribution in [0.1, 0.15) is 38.3 Å². The van der Waals surface area contributed by atoms with E-state index in [-0.39, 0.29) is 22.3 Å². The molecule has 0 radical (unpaired) electrons. The molecular weight excluding hydrogens is 498 g/mol. The first-order chi connectivity index (χ1) is 15.0. The van der Waals surface area contributed by atoms with Crippen LogP contribution < -0.4 is 14.9 Å². The fourth-order valence-corrected chi connectivity index (χ4v) is 4.50. The van der Waals surface area contributed by atoms with Gasteiger partial charge >= 0.3 is 0 Å². The Hall–Kier alpha value is -2.43. The lowest BCUT2D eigenvalue weighted by Crippen LogP contribution is -2.46. The summed E-state index contributed by atoms with van der Waals surface area (Å²) in [5, 5.41) is 13.9. The van der Waals surface area contributed by atoms with Gasteiger partial charge in [0.1, 0.15) is 6.04 Å². The van der Waals surface area contributed by atoms with Crippen LogP contribution in [0.5, 0.6) is 11.5 Å². The summed E-state index contributed by atoms with van der Waals surface area (Å²) in [6.45, 7) is 7.82. The number of sulfonamides is 1. The van der Waals surface area contributed by atoms with Crippen molar-refractivity contribution in [2.24, 2.45) is 11.0 Å². The van der Waals surface area contributed by atoms with Crippen molar-refractivity contribution in [1.82, 2.24) is 10.1 Å². The molecule has 1 amide bonds. The molecular formula is C22H28BrN3O5S. The SMILES string of the molecule is CCOc1cc(/C=N\NC(=O)[C@@H](CC(C)C)NS(=O)(=O)c2ccc(C)cc2)cc(Br)c1O. The van der Waals surface area contributed by atoms with Gasteiger partial charge in [-0.1, -0.05) is 31.5 Å². The van der Waals surface area contributed by atoms with E-state index in [0.717, 1.165) is 5.56 Å². The van der Waals surface area contributed by atoms with E-state index in [0.29, 0.717) is 23.1 Å². The summed E-state index contributed by atoms with van der Waals surface area (Å²) in [7, 11) is -3.88. The molecule has 0 aliphatic carbocycles. The van der Waals surface area contributed by atoms with Crippen molar-refractivity contribution >= 4 is 38.1 Å². The largest absolute Gasteiger partial charge is 0.503 e. The van der Waals surface area contributed by atoms with Crippen LogP contribution in [-0.2, 0) is 14.8 Å². The molecule has 10 heteroatoms. The number of halogens is 1. The maximum Gasteiger partial charge on any atom is 0.258 e. The Morgan fingerprint density at radius 3 is 2.50 bits per heavy atom. The van der Waals surface area contributed by atoms with E-state index in [1.807, 2.05) is 20.8 Å². The van der Waals surface area contributed by atoms with Gasteiger partial charge < -0.3 is 9.84 Å². The first kappa shape index (κ1) is 25.8. The minimum absolute atomic E-state index is 0.0319. The molecule has 1 atom stereocenters. The fourth-order valence-electron chi connectivity index (χ4n) is 2.84. The number of aromatic hydroxyl groups is 1. The number of ether oxygens (including phenoxy) is 1. The normalized spacial score (nSPS) is 12.8. The molecule has 8 nitrogen and oxygen atoms in total. The molecule has 0 saturated carbocycles. The van der Waals surface area contributed by atoms with Gasteiger partial charge in [-0.3, -0.25) is 4.79 Å². The Bertz CT molecular complexity index is 1070. The van der Waals surface area contributed by atoms with E-state index in [1.54, 1.807) is 31.2 Å². The number of phenolic OH excluding ortho intramolecular Hbond substituents is 1. The number of carbonyl (C=O) groups is 1. The van der Waals surface area contributed by atoms with Crippen LogP contribution in [0.15, 0.2) is 50.9 Å². The highest BCUT2D eigenvalue weighted by molar-refractivity contribution is 9.10. The summed E-state index contributed by atoms with van der Waals surface area (Å²) in [4.78, 5) is 12.8. The van der Waals surface area contributed by atoms with E-state index in [4.69, 9.17) is 4.74 Å². The third-order valence-electron chi connectivity index (χ3n) is 4.39. The Morgan fingerprint density at radius 2 is 1.91 bits per heavy atom. The molecule has 0 spiro atoms. The van der Waals surface area contributed by atoms with Gasteiger partial charge in [0.05, 0.1) is 22.2 Å². The third kappa shape index (κ3) is 7.32. The summed E-state index contributed by atoms with van der Waals surface area (Å²) in [6, 6.07) is 8.58. The van der Waals surface area contributed by atoms with Crippen molar-refractivity contribution in [1.29, 1.82) is 0 Å². The van der Waals surface area contributed by atoms with Crippen LogP contribution in [0.3, 0.4) is 0 Å². The number of phenols is 1. The van der Waals surface area contributed by atoms with Gasteiger partial charge in [0, 0.05) is 0 Å². The number of aryl methyl sites for hydroxylation is 1. The van der Waals surface area contributed by atoms with Crippen molar-refractivity contribution in [2.75, 3.05) is 6.61 Å². The van der Waals surface area contributed by atoms with Crippen LogP contribution in [-0.4, -0.2) is 38.3 Å². The number of carbonyl (C=O) groups excluding carboxylic acids is 1. The number of hydrogen-bond donors (Lipinski definition) is 3. The topological polar surface area (TPSA) is 117 Å². The van der Waals surface area contributed by atoms with Crippen molar-refractivity contribution in [3.63, 3.8) is 0 Å². The number of benzene rings is 2. The molecule has 0 fully saturated rings. The molecule has 2 aromatic rings. The van der Waals surface area contributed by atoms with Crippen LogP contribution in [0.4, 0.5) is 0 Å². The minimum Gasteiger partial charge on any atom is -0.503 e. The molecule has 3 N–H and O–H groups in total. The molecule has 2 rings (SSSR count). The standard InChI is InChI=1S/C22H28BrN3O5S/c1-5-31-20-12-16(11-18(23)21(20)27)13-24-25-22(28)19(10-14(2)3)26-32(29,30)17-8-6-15(4)7-9-17/h6-9,11-14,19,26-27H,5,10H2,1-4H3,(H,25,28)/b24-13-/t19-/m1/s1. The first-order valence-electron chi connectivity index (χ1n) is 10.1. The van der Waals surface area contributed by atoms with Crippen LogP contribution in [0.25, 0.3) is 0 Å². The van der Waals surface area contributed by atoms with Crippen LogP contribution in [0, 0.1) is 12.8 Å². The zero-order chi connectivity index (χ0) is 23.9. The second-order valence-electron chi connectivity index (χ2n) is 7.63. The molecule has 32 heavy (non-hydrogen) atoms. The summed E-state index contributed by atoms with van der Waals surface area (Å²) < 4.78 is 33.7. The molecule has 0 heterocycles. The molecule has 2 aromatic carbocycles. The van der Waals surface area contributed by atoms with Crippen LogP contribution >= 0.6 is 15.9 Å². The average Bonchev–Trinajstić information content (AvgIpc) is 2.71. The maximum absolute atomic E-state index is 12.7. The Kier molecular flexibility index (Phi) is 9.23. The van der Waals surface area contributed by atoms with Gasteiger partial charge in [0.25, 0.3) is 5.91 Å². The quantitative estimate of drug-likeness (QED) is 0.323. The lowest BCUT2D eigenvalue weighted by atomic mass is 10.0. The van der Waals surface area contributed by atoms with E-state index < -0.39 is 22.0 Å². The number of rotatable bonds is 10. The van der Waals surface area contributed by atoms with E-state index in [2.05, 4.69) is 31.2 Å². The van der Waals surface area contributed by atoms with Gasteiger partial charge in [-0.25, -0.2) is 13.8 Å². The van der Waals surface area contributed by atoms with Gasteiger partial charge in [-0.05, 0) is 71.9 Å². The van der Waals surface area contributed by atoms with Crippen molar-refractivity contribution < 1.29 is 23.1 Å². The Morgan fingerprint density at radius 1 is 1.25 bits per heavy atom. The van der Waals surface area contributed by atoms with Gasteiger partial charge in [-0.2, -0.15) is 9.82 Å². The zero-order valence-electron chi connectivity index (χ0n) is 18.4. The number of nitrogens with one attached hydrogen (secondary N) is 2. The van der Waals surface area contributed by atoms with Gasteiger partial charge in [0.2, 0.25) is 10.0 Å². The maximum atomic E-state index is 12.7. The monoisotopic (exact) mass is 525 g/mol. The lowest BCUT2D eigenvalue weighted by molar-refractivity contribution is -0.123. The first-order valence-corrected chi connectivity index (χ1v) is 12.4. The highest BCUT2D eigenvalue weighted by Crippen LogP contribution is 2.35. The van der Waals surface area contributed by atoms with E-state index >= 15 is 0 Å². The average molecular weight is 526 g/mol. The number of amides is 1. The summed E-state index contributed by atoms with van der Waals surface area (Å²) in [5.41, 5.74) is 3.89. The molecule has 0 aliphatic rings. The van der Waals surface area contributed by atoms with Crippen molar-refractivity contribution in [2.45, 2.75) is 45.1 Å². The highest BCUT2D eigenvalue weighted by atomic mass is 79.9. The number of hydrazone groups is 1. The third-order valence-corrected chi connectivity index (χ3v) is 6.48. The Labute approximate surface area is 197 Å². The second kappa shape index (κ2) is 11.4. The fraction of sp³-hybridized carbons (Fsp3) is 0.364. The number of hydrogen-bond acceptors (Lipinski definition) is 6. The molecule has 0 aromatic heterocycles. The molecule has 0 unspecified atom stereocenters.